The summed E-state index contributed by atoms with van der Waals surface area (Å²) in [5, 5.41) is 1.19. The summed E-state index contributed by atoms with van der Waals surface area (Å²) in [7, 11) is 0. The van der Waals surface area contributed by atoms with Gasteiger partial charge < -0.3 is 9.15 Å². The molecule has 0 saturated carbocycles. The van der Waals surface area contributed by atoms with E-state index in [1.54, 1.807) is 42.5 Å². The standard InChI is InChI=1S/C30H19Cl2NO4/c31-20-9-5-10-22(15-20)33-27(19-8-4-11-23(14-19)36-17-18-6-2-1-3-7-18)26-28(34)24-16-21(32)12-13-25(24)37-29(26)30(33)35/h1-16,27H,17H2. The monoisotopic (exact) mass is 527 g/mol. The van der Waals surface area contributed by atoms with Gasteiger partial charge in [0, 0.05) is 15.7 Å². The molecule has 0 bridgehead atoms. The Morgan fingerprint density at radius 3 is 2.41 bits per heavy atom. The summed E-state index contributed by atoms with van der Waals surface area (Å²) < 4.78 is 12.0. The first-order valence-corrected chi connectivity index (χ1v) is 12.4. The van der Waals surface area contributed by atoms with Crippen molar-refractivity contribution < 1.29 is 13.9 Å². The van der Waals surface area contributed by atoms with Crippen LogP contribution in [0.3, 0.4) is 0 Å². The van der Waals surface area contributed by atoms with Crippen LogP contribution >= 0.6 is 23.2 Å². The molecule has 1 amide bonds. The molecule has 1 aromatic heterocycles. The molecule has 182 valence electrons. The van der Waals surface area contributed by atoms with Gasteiger partial charge in [0.25, 0.3) is 5.91 Å². The molecule has 2 heterocycles. The Morgan fingerprint density at radius 1 is 0.811 bits per heavy atom. The maximum atomic E-state index is 13.8. The molecule has 37 heavy (non-hydrogen) atoms. The molecule has 0 radical (unpaired) electrons. The molecule has 0 aliphatic carbocycles. The van der Waals surface area contributed by atoms with E-state index in [0.717, 1.165) is 5.56 Å². The number of hydrogen-bond acceptors (Lipinski definition) is 4. The molecule has 0 saturated heterocycles. The van der Waals surface area contributed by atoms with E-state index in [2.05, 4.69) is 0 Å². The molecule has 0 N–H and O–H groups in total. The third kappa shape index (κ3) is 4.26. The zero-order valence-electron chi connectivity index (χ0n) is 19.4. The number of anilines is 1. The number of nitrogens with zero attached hydrogens (tertiary/aromatic N) is 1. The van der Waals surface area contributed by atoms with E-state index in [-0.39, 0.29) is 16.8 Å². The molecule has 6 rings (SSSR count). The average Bonchev–Trinajstić information content (AvgIpc) is 3.21. The highest BCUT2D eigenvalue weighted by atomic mass is 35.5. The number of hydrogen-bond donors (Lipinski definition) is 0. The Kier molecular flexibility index (Phi) is 5.95. The predicted octanol–water partition coefficient (Wildman–Crippen LogP) is 7.43. The number of carbonyl (C=O) groups excluding carboxylic acids is 1. The van der Waals surface area contributed by atoms with Crippen molar-refractivity contribution in [1.29, 1.82) is 0 Å². The van der Waals surface area contributed by atoms with Crippen molar-refractivity contribution >= 4 is 45.8 Å². The first-order chi connectivity index (χ1) is 18.0. The minimum absolute atomic E-state index is 0.000375. The van der Waals surface area contributed by atoms with Gasteiger partial charge in [0.05, 0.1) is 17.0 Å². The van der Waals surface area contributed by atoms with E-state index in [1.165, 1.54) is 4.90 Å². The molecule has 1 aliphatic heterocycles. The van der Waals surface area contributed by atoms with E-state index < -0.39 is 11.9 Å². The van der Waals surface area contributed by atoms with Crippen molar-refractivity contribution in [2.75, 3.05) is 4.90 Å². The van der Waals surface area contributed by atoms with Crippen LogP contribution in [0.4, 0.5) is 5.69 Å². The Balaban J connectivity index is 1.50. The lowest BCUT2D eigenvalue weighted by Gasteiger charge is -2.25. The van der Waals surface area contributed by atoms with E-state index in [0.29, 0.717) is 44.6 Å². The van der Waals surface area contributed by atoms with Gasteiger partial charge in [-0.25, -0.2) is 0 Å². The first kappa shape index (κ1) is 23.3. The second-order valence-corrected chi connectivity index (χ2v) is 9.59. The highest BCUT2D eigenvalue weighted by Crippen LogP contribution is 2.42. The van der Waals surface area contributed by atoms with Gasteiger partial charge in [-0.05, 0) is 59.7 Å². The zero-order valence-corrected chi connectivity index (χ0v) is 20.9. The summed E-state index contributed by atoms with van der Waals surface area (Å²) >= 11 is 12.5. The van der Waals surface area contributed by atoms with Crippen LogP contribution in [0.5, 0.6) is 5.75 Å². The maximum Gasteiger partial charge on any atom is 0.295 e. The zero-order chi connectivity index (χ0) is 25.5. The number of rotatable bonds is 5. The van der Waals surface area contributed by atoms with Gasteiger partial charge in [0.2, 0.25) is 5.76 Å². The van der Waals surface area contributed by atoms with Gasteiger partial charge in [-0.3, -0.25) is 14.5 Å². The number of halogens is 2. The molecule has 5 aromatic rings. The normalized spacial score (nSPS) is 14.7. The van der Waals surface area contributed by atoms with Gasteiger partial charge in [-0.1, -0.05) is 71.7 Å². The van der Waals surface area contributed by atoms with Crippen LogP contribution in [-0.2, 0) is 6.61 Å². The molecule has 1 atom stereocenters. The summed E-state index contributed by atoms with van der Waals surface area (Å²) in [6.07, 6.45) is 0. The SMILES string of the molecule is O=C1c2oc3ccc(Cl)cc3c(=O)c2C(c2cccc(OCc3ccccc3)c2)N1c1cccc(Cl)c1. The minimum atomic E-state index is -0.749. The van der Waals surface area contributed by atoms with Crippen molar-refractivity contribution in [3.63, 3.8) is 0 Å². The average molecular weight is 528 g/mol. The Labute approximate surface area is 222 Å². The predicted molar refractivity (Wildman–Crippen MR) is 145 cm³/mol. The van der Waals surface area contributed by atoms with E-state index in [4.69, 9.17) is 32.4 Å². The molecule has 1 aliphatic rings. The molecular formula is C30H19Cl2NO4. The van der Waals surface area contributed by atoms with Gasteiger partial charge >= 0.3 is 0 Å². The Morgan fingerprint density at radius 2 is 1.59 bits per heavy atom. The summed E-state index contributed by atoms with van der Waals surface area (Å²) in [5.41, 5.74) is 2.52. The summed E-state index contributed by atoms with van der Waals surface area (Å²) in [4.78, 5) is 29.1. The molecular weight excluding hydrogens is 509 g/mol. The van der Waals surface area contributed by atoms with Gasteiger partial charge in [-0.2, -0.15) is 0 Å². The topological polar surface area (TPSA) is 59.8 Å². The number of amides is 1. The van der Waals surface area contributed by atoms with E-state index >= 15 is 0 Å². The fraction of sp³-hybridized carbons (Fsp3) is 0.0667. The lowest BCUT2D eigenvalue weighted by atomic mass is 9.98. The third-order valence-corrected chi connectivity index (χ3v) is 6.81. The highest BCUT2D eigenvalue weighted by Gasteiger charge is 2.43. The van der Waals surface area contributed by atoms with Gasteiger partial charge in [0.15, 0.2) is 5.43 Å². The van der Waals surface area contributed by atoms with Crippen molar-refractivity contribution in [3.05, 3.63) is 140 Å². The molecule has 7 heteroatoms. The Hall–Kier alpha value is -4.06. The lowest BCUT2D eigenvalue weighted by Crippen LogP contribution is -2.29. The molecule has 0 fully saturated rings. The molecule has 5 nitrogen and oxygen atoms in total. The van der Waals surface area contributed by atoms with E-state index in [1.807, 2.05) is 54.6 Å². The molecule has 4 aromatic carbocycles. The van der Waals surface area contributed by atoms with Gasteiger partial charge in [0.1, 0.15) is 17.9 Å². The van der Waals surface area contributed by atoms with Crippen LogP contribution in [0.1, 0.15) is 33.3 Å². The smallest absolute Gasteiger partial charge is 0.295 e. The van der Waals surface area contributed by atoms with Crippen LogP contribution in [-0.4, -0.2) is 5.91 Å². The van der Waals surface area contributed by atoms with Crippen molar-refractivity contribution in [2.45, 2.75) is 12.6 Å². The summed E-state index contributed by atoms with van der Waals surface area (Å²) in [6, 6.07) is 28.2. The minimum Gasteiger partial charge on any atom is -0.489 e. The number of ether oxygens (including phenoxy) is 1. The van der Waals surface area contributed by atoms with Crippen molar-refractivity contribution in [1.82, 2.24) is 0 Å². The number of carbonyl (C=O) groups is 1. The van der Waals surface area contributed by atoms with Gasteiger partial charge in [-0.15, -0.1) is 0 Å². The van der Waals surface area contributed by atoms with Crippen LogP contribution in [0.15, 0.2) is 106 Å². The van der Waals surface area contributed by atoms with E-state index in [9.17, 15) is 9.59 Å². The largest absolute Gasteiger partial charge is 0.489 e. The van der Waals surface area contributed by atoms with Crippen LogP contribution < -0.4 is 15.1 Å². The fourth-order valence-electron chi connectivity index (χ4n) is 4.67. The third-order valence-electron chi connectivity index (χ3n) is 6.34. The maximum absolute atomic E-state index is 13.8. The second-order valence-electron chi connectivity index (χ2n) is 8.72. The van der Waals surface area contributed by atoms with Crippen LogP contribution in [0, 0.1) is 0 Å². The first-order valence-electron chi connectivity index (χ1n) is 11.6. The van der Waals surface area contributed by atoms with Crippen LogP contribution in [0.25, 0.3) is 11.0 Å². The number of benzene rings is 4. The second kappa shape index (κ2) is 9.43. The van der Waals surface area contributed by atoms with Crippen molar-refractivity contribution in [2.24, 2.45) is 0 Å². The summed E-state index contributed by atoms with van der Waals surface area (Å²) in [6.45, 7) is 0.383. The lowest BCUT2D eigenvalue weighted by molar-refractivity contribution is 0.0971. The molecule has 0 spiro atoms. The van der Waals surface area contributed by atoms with Crippen LogP contribution in [0.2, 0.25) is 10.0 Å². The van der Waals surface area contributed by atoms with Crippen molar-refractivity contribution in [3.8, 4) is 5.75 Å². The Bertz CT molecular complexity index is 1710. The summed E-state index contributed by atoms with van der Waals surface area (Å²) in [5.74, 6) is 0.189. The fourth-order valence-corrected chi connectivity index (χ4v) is 5.02. The molecule has 1 unspecified atom stereocenters. The quantitative estimate of drug-likeness (QED) is 0.238. The highest BCUT2D eigenvalue weighted by molar-refractivity contribution is 6.31. The number of fused-ring (bicyclic) bond motifs is 2.